The SMILES string of the molecule is CC(C)N(CCC#N)C1CCOC2(CCOC2)C1. The van der Waals surface area contributed by atoms with Crippen molar-refractivity contribution in [2.75, 3.05) is 26.4 Å². The number of hydrogen-bond acceptors (Lipinski definition) is 4. The molecule has 0 N–H and O–H groups in total. The third kappa shape index (κ3) is 3.03. The fourth-order valence-electron chi connectivity index (χ4n) is 3.19. The molecule has 1 spiro atoms. The van der Waals surface area contributed by atoms with E-state index in [0.717, 1.165) is 45.6 Å². The van der Waals surface area contributed by atoms with Crippen LogP contribution in [0.5, 0.6) is 0 Å². The van der Waals surface area contributed by atoms with Crippen molar-refractivity contribution in [3.63, 3.8) is 0 Å². The van der Waals surface area contributed by atoms with Crippen molar-refractivity contribution in [3.8, 4) is 6.07 Å². The van der Waals surface area contributed by atoms with Crippen molar-refractivity contribution in [2.45, 2.75) is 57.2 Å². The lowest BCUT2D eigenvalue weighted by Gasteiger charge is -2.43. The maximum absolute atomic E-state index is 8.78. The third-order valence-electron chi connectivity index (χ3n) is 4.15. The Labute approximate surface area is 110 Å². The maximum atomic E-state index is 8.78. The van der Waals surface area contributed by atoms with Crippen molar-refractivity contribution in [1.82, 2.24) is 4.90 Å². The van der Waals surface area contributed by atoms with E-state index in [9.17, 15) is 0 Å². The zero-order chi connectivity index (χ0) is 13.0. The van der Waals surface area contributed by atoms with Crippen LogP contribution < -0.4 is 0 Å². The second-order valence-electron chi connectivity index (χ2n) is 5.72. The van der Waals surface area contributed by atoms with E-state index in [-0.39, 0.29) is 5.60 Å². The predicted molar refractivity (Wildman–Crippen MR) is 69.2 cm³/mol. The Morgan fingerprint density at radius 3 is 2.89 bits per heavy atom. The molecule has 0 saturated carbocycles. The number of nitrogens with zero attached hydrogens (tertiary/aromatic N) is 2. The molecule has 2 unspecified atom stereocenters. The maximum Gasteiger partial charge on any atom is 0.0951 e. The Morgan fingerprint density at radius 1 is 1.44 bits per heavy atom. The molecule has 0 aromatic rings. The fourth-order valence-corrected chi connectivity index (χ4v) is 3.19. The molecule has 0 aliphatic carbocycles. The molecule has 2 aliphatic heterocycles. The highest BCUT2D eigenvalue weighted by molar-refractivity contribution is 4.94. The summed E-state index contributed by atoms with van der Waals surface area (Å²) in [6, 6.07) is 3.28. The van der Waals surface area contributed by atoms with Crippen LogP contribution >= 0.6 is 0 Å². The number of ether oxygens (including phenoxy) is 2. The first-order valence-electron chi connectivity index (χ1n) is 7.01. The molecule has 0 aromatic carbocycles. The van der Waals surface area contributed by atoms with Gasteiger partial charge in [-0.3, -0.25) is 4.90 Å². The zero-order valence-electron chi connectivity index (χ0n) is 11.5. The minimum Gasteiger partial charge on any atom is -0.378 e. The van der Waals surface area contributed by atoms with Gasteiger partial charge in [-0.1, -0.05) is 0 Å². The summed E-state index contributed by atoms with van der Waals surface area (Å²) < 4.78 is 11.5. The lowest BCUT2D eigenvalue weighted by molar-refractivity contribution is -0.109. The summed E-state index contributed by atoms with van der Waals surface area (Å²) in [4.78, 5) is 2.46. The predicted octanol–water partition coefficient (Wildman–Crippen LogP) is 1.95. The number of hydrogen-bond donors (Lipinski definition) is 0. The molecule has 2 saturated heterocycles. The van der Waals surface area contributed by atoms with Gasteiger partial charge in [-0.15, -0.1) is 0 Å². The van der Waals surface area contributed by atoms with Gasteiger partial charge in [0.2, 0.25) is 0 Å². The Bertz CT molecular complexity index is 305. The highest BCUT2D eigenvalue weighted by Crippen LogP contribution is 2.35. The molecule has 0 bridgehead atoms. The van der Waals surface area contributed by atoms with Crippen LogP contribution in [0.4, 0.5) is 0 Å². The summed E-state index contributed by atoms with van der Waals surface area (Å²) in [7, 11) is 0. The van der Waals surface area contributed by atoms with E-state index in [2.05, 4.69) is 24.8 Å². The summed E-state index contributed by atoms with van der Waals surface area (Å²) in [5.74, 6) is 0. The molecule has 4 nitrogen and oxygen atoms in total. The van der Waals surface area contributed by atoms with Crippen molar-refractivity contribution < 1.29 is 9.47 Å². The quantitative estimate of drug-likeness (QED) is 0.767. The van der Waals surface area contributed by atoms with Crippen molar-refractivity contribution in [3.05, 3.63) is 0 Å². The van der Waals surface area contributed by atoms with Gasteiger partial charge >= 0.3 is 0 Å². The van der Waals surface area contributed by atoms with Crippen LogP contribution in [-0.2, 0) is 9.47 Å². The average molecular weight is 252 g/mol. The van der Waals surface area contributed by atoms with Crippen molar-refractivity contribution in [1.29, 1.82) is 5.26 Å². The molecular weight excluding hydrogens is 228 g/mol. The van der Waals surface area contributed by atoms with Gasteiger partial charge in [0.15, 0.2) is 0 Å². The smallest absolute Gasteiger partial charge is 0.0951 e. The van der Waals surface area contributed by atoms with Gasteiger partial charge in [-0.05, 0) is 26.7 Å². The normalized spacial score (nSPS) is 32.3. The first-order chi connectivity index (χ1) is 8.67. The molecule has 0 radical (unpaired) electrons. The standard InChI is InChI=1S/C14H24N2O2/c1-12(2)16(7-3-6-15)13-4-8-18-14(10-13)5-9-17-11-14/h12-13H,3-5,7-11H2,1-2H3. The van der Waals surface area contributed by atoms with E-state index in [1.54, 1.807) is 0 Å². The summed E-state index contributed by atoms with van der Waals surface area (Å²) in [5, 5.41) is 8.78. The third-order valence-corrected chi connectivity index (χ3v) is 4.15. The molecule has 0 amide bonds. The molecule has 102 valence electrons. The molecule has 2 heterocycles. The van der Waals surface area contributed by atoms with Gasteiger partial charge in [0, 0.05) is 44.7 Å². The van der Waals surface area contributed by atoms with Gasteiger partial charge in [0.1, 0.15) is 0 Å². The fraction of sp³-hybridized carbons (Fsp3) is 0.929. The van der Waals surface area contributed by atoms with Crippen LogP contribution in [0.25, 0.3) is 0 Å². The van der Waals surface area contributed by atoms with E-state index in [4.69, 9.17) is 14.7 Å². The Balaban J connectivity index is 1.99. The monoisotopic (exact) mass is 252 g/mol. The average Bonchev–Trinajstić information content (AvgIpc) is 2.77. The van der Waals surface area contributed by atoms with Crippen LogP contribution in [0.1, 0.15) is 39.5 Å². The Hall–Kier alpha value is -0.630. The topological polar surface area (TPSA) is 45.5 Å². The summed E-state index contributed by atoms with van der Waals surface area (Å²) in [6.07, 6.45) is 3.76. The molecule has 2 fully saturated rings. The first kappa shape index (κ1) is 13.8. The minimum absolute atomic E-state index is 0.0390. The van der Waals surface area contributed by atoms with E-state index >= 15 is 0 Å². The summed E-state index contributed by atoms with van der Waals surface area (Å²) in [5.41, 5.74) is -0.0390. The van der Waals surface area contributed by atoms with E-state index in [0.29, 0.717) is 18.5 Å². The van der Waals surface area contributed by atoms with Crippen LogP contribution in [0.3, 0.4) is 0 Å². The van der Waals surface area contributed by atoms with E-state index in [1.807, 2.05) is 0 Å². The number of rotatable bonds is 4. The molecule has 2 rings (SSSR count). The molecule has 4 heteroatoms. The van der Waals surface area contributed by atoms with Crippen LogP contribution in [-0.4, -0.2) is 49.0 Å². The van der Waals surface area contributed by atoms with Gasteiger partial charge in [0.25, 0.3) is 0 Å². The second kappa shape index (κ2) is 6.01. The molecule has 0 aromatic heterocycles. The van der Waals surface area contributed by atoms with Gasteiger partial charge in [-0.25, -0.2) is 0 Å². The van der Waals surface area contributed by atoms with Gasteiger partial charge in [0.05, 0.1) is 18.3 Å². The highest BCUT2D eigenvalue weighted by Gasteiger charge is 2.42. The lowest BCUT2D eigenvalue weighted by Crippen LogP contribution is -2.51. The largest absolute Gasteiger partial charge is 0.378 e. The van der Waals surface area contributed by atoms with Crippen molar-refractivity contribution >= 4 is 0 Å². The molecule has 2 atom stereocenters. The summed E-state index contributed by atoms with van der Waals surface area (Å²) >= 11 is 0. The molecule has 2 aliphatic rings. The Kier molecular flexibility index (Phi) is 4.60. The van der Waals surface area contributed by atoms with Gasteiger partial charge in [-0.2, -0.15) is 5.26 Å². The zero-order valence-corrected chi connectivity index (χ0v) is 11.5. The molecular formula is C14H24N2O2. The van der Waals surface area contributed by atoms with Crippen LogP contribution in [0.15, 0.2) is 0 Å². The number of nitriles is 1. The first-order valence-corrected chi connectivity index (χ1v) is 7.01. The highest BCUT2D eigenvalue weighted by atomic mass is 16.6. The van der Waals surface area contributed by atoms with Crippen LogP contribution in [0, 0.1) is 11.3 Å². The summed E-state index contributed by atoms with van der Waals surface area (Å²) in [6.45, 7) is 7.69. The lowest BCUT2D eigenvalue weighted by atomic mass is 9.88. The van der Waals surface area contributed by atoms with E-state index in [1.165, 1.54) is 0 Å². The Morgan fingerprint density at radius 2 is 2.28 bits per heavy atom. The van der Waals surface area contributed by atoms with Crippen molar-refractivity contribution in [2.24, 2.45) is 0 Å². The van der Waals surface area contributed by atoms with Gasteiger partial charge < -0.3 is 9.47 Å². The second-order valence-corrected chi connectivity index (χ2v) is 5.72. The van der Waals surface area contributed by atoms with E-state index < -0.39 is 0 Å². The van der Waals surface area contributed by atoms with Crippen LogP contribution in [0.2, 0.25) is 0 Å². The molecule has 18 heavy (non-hydrogen) atoms. The minimum atomic E-state index is -0.0390.